The van der Waals surface area contributed by atoms with E-state index in [1.165, 1.54) is 0 Å². The maximum Gasteiger partial charge on any atom is 0.278 e. The minimum atomic E-state index is -0.391. The van der Waals surface area contributed by atoms with E-state index in [-0.39, 0.29) is 5.95 Å². The van der Waals surface area contributed by atoms with Gasteiger partial charge in [-0.05, 0) is 0 Å². The lowest BCUT2D eigenvalue weighted by atomic mass is 10.4. The number of H-pyrrole nitrogens is 1. The second-order valence-electron chi connectivity index (χ2n) is 2.46. The highest BCUT2D eigenvalue weighted by molar-refractivity contribution is 5.69. The fourth-order valence-corrected chi connectivity index (χ4v) is 1.05. The van der Waals surface area contributed by atoms with E-state index in [0.717, 1.165) is 0 Å². The number of hydrogen-bond acceptors (Lipinski definition) is 6. The fraction of sp³-hybridized carbons (Fsp3) is 0. The molecule has 2 heterocycles. The van der Waals surface area contributed by atoms with Crippen molar-refractivity contribution in [1.82, 2.24) is 9.97 Å². The molecule has 0 spiro atoms. The van der Waals surface area contributed by atoms with Gasteiger partial charge in [0, 0.05) is 12.4 Å². The van der Waals surface area contributed by atoms with Crippen LogP contribution in [0.15, 0.2) is 22.5 Å². The van der Waals surface area contributed by atoms with Gasteiger partial charge in [-0.2, -0.15) is 4.98 Å². The molecule has 72 valence electrons. The van der Waals surface area contributed by atoms with Crippen LogP contribution in [-0.4, -0.2) is 9.97 Å². The maximum absolute atomic E-state index is 11.3. The van der Waals surface area contributed by atoms with Crippen molar-refractivity contribution in [2.24, 2.45) is 5.29 Å². The van der Waals surface area contributed by atoms with E-state index >= 15 is 0 Å². The van der Waals surface area contributed by atoms with Crippen molar-refractivity contribution in [3.63, 3.8) is 0 Å². The van der Waals surface area contributed by atoms with Crippen molar-refractivity contribution in [3.05, 3.63) is 27.7 Å². The summed E-state index contributed by atoms with van der Waals surface area (Å²) < 4.78 is 0. The van der Waals surface area contributed by atoms with Gasteiger partial charge in [-0.15, -0.1) is 4.91 Å². The molecular formula is C6H6N6O2. The van der Waals surface area contributed by atoms with E-state index in [9.17, 15) is 9.70 Å². The number of aromatic amines is 1. The summed E-state index contributed by atoms with van der Waals surface area (Å²) in [4.78, 5) is 27.4. The molecule has 2 rings (SSSR count). The fourth-order valence-electron chi connectivity index (χ4n) is 1.05. The molecule has 0 aliphatic carbocycles. The molecule has 8 nitrogen and oxygen atoms in total. The summed E-state index contributed by atoms with van der Waals surface area (Å²) in [5.74, 6) is 0.329. The summed E-state index contributed by atoms with van der Waals surface area (Å²) >= 11 is 0. The zero-order chi connectivity index (χ0) is 9.97. The minimum Gasteiger partial charge on any atom is -0.353 e. The number of hydrogen-bond donors (Lipinski definition) is 4. The van der Waals surface area contributed by atoms with Crippen LogP contribution in [0.5, 0.6) is 0 Å². The molecule has 0 radical (unpaired) electrons. The predicted octanol–water partition coefficient (Wildman–Crippen LogP) is 0.172. The molecule has 0 saturated carbocycles. The molecule has 1 aromatic rings. The number of nitrogens with one attached hydrogen (secondary N) is 4. The Morgan fingerprint density at radius 1 is 1.36 bits per heavy atom. The molecule has 4 N–H and O–H groups in total. The monoisotopic (exact) mass is 194 g/mol. The largest absolute Gasteiger partial charge is 0.353 e. The molecule has 0 aromatic carbocycles. The Bertz CT molecular complexity index is 450. The normalized spacial score (nSPS) is 12.3. The number of nitroso groups, excluding NO2 is 1. The molecule has 14 heavy (non-hydrogen) atoms. The summed E-state index contributed by atoms with van der Waals surface area (Å²) in [6.07, 6.45) is 3.14. The number of aromatic nitrogens is 2. The van der Waals surface area contributed by atoms with Gasteiger partial charge in [0.15, 0.2) is 5.82 Å². The van der Waals surface area contributed by atoms with Crippen molar-refractivity contribution in [3.8, 4) is 0 Å². The van der Waals surface area contributed by atoms with E-state index in [1.54, 1.807) is 12.4 Å². The lowest BCUT2D eigenvalue weighted by molar-refractivity contribution is 1.08. The van der Waals surface area contributed by atoms with Crippen LogP contribution in [0.3, 0.4) is 0 Å². The summed E-state index contributed by atoms with van der Waals surface area (Å²) in [5.41, 5.74) is 1.91. The van der Waals surface area contributed by atoms with E-state index in [1.807, 2.05) is 5.43 Å². The number of anilines is 3. The third-order valence-electron chi connectivity index (χ3n) is 1.60. The first kappa shape index (κ1) is 8.23. The van der Waals surface area contributed by atoms with Gasteiger partial charge < -0.3 is 10.6 Å². The van der Waals surface area contributed by atoms with Crippen LogP contribution in [0, 0.1) is 4.91 Å². The van der Waals surface area contributed by atoms with Gasteiger partial charge in [0.05, 0.1) is 5.29 Å². The average Bonchev–Trinajstić information content (AvgIpc) is 2.18. The molecule has 0 amide bonds. The second-order valence-corrected chi connectivity index (χ2v) is 2.46. The lowest BCUT2D eigenvalue weighted by Crippen LogP contribution is -2.19. The number of fused-ring (bicyclic) bond motifs is 1. The molecule has 0 saturated heterocycles. The first-order valence-electron chi connectivity index (χ1n) is 3.72. The van der Waals surface area contributed by atoms with E-state index in [2.05, 4.69) is 25.9 Å². The van der Waals surface area contributed by atoms with Gasteiger partial charge in [0.25, 0.3) is 5.56 Å². The lowest BCUT2D eigenvalue weighted by Gasteiger charge is -2.12. The van der Waals surface area contributed by atoms with Crippen LogP contribution in [0.25, 0.3) is 0 Å². The summed E-state index contributed by atoms with van der Waals surface area (Å²) in [6.45, 7) is 0. The first-order chi connectivity index (χ1) is 6.81. The third kappa shape index (κ3) is 1.28. The standard InChI is InChI=1S/C6H6N6O2/c13-5-3-4(8-2-1-7-3)9-6(10-5)11-12-14/h1-2,7H,(H3,8,9,10,11,13,14). The Labute approximate surface area is 77.4 Å². The third-order valence-corrected chi connectivity index (χ3v) is 1.60. The predicted molar refractivity (Wildman–Crippen MR) is 50.7 cm³/mol. The van der Waals surface area contributed by atoms with Gasteiger partial charge in [0.1, 0.15) is 5.69 Å². The van der Waals surface area contributed by atoms with Gasteiger partial charge in [0.2, 0.25) is 5.95 Å². The topological polar surface area (TPSA) is 111 Å². The molecular weight excluding hydrogens is 188 g/mol. The molecule has 1 aromatic heterocycles. The van der Waals surface area contributed by atoms with Crippen molar-refractivity contribution in [1.29, 1.82) is 0 Å². The molecule has 0 fully saturated rings. The smallest absolute Gasteiger partial charge is 0.278 e. The number of rotatable bonds is 2. The highest BCUT2D eigenvalue weighted by atomic mass is 16.3. The molecule has 1 aliphatic rings. The van der Waals surface area contributed by atoms with Crippen LogP contribution < -0.4 is 21.6 Å². The first-order valence-corrected chi connectivity index (χ1v) is 3.72. The van der Waals surface area contributed by atoms with Gasteiger partial charge >= 0.3 is 0 Å². The minimum absolute atomic E-state index is 0.00616. The van der Waals surface area contributed by atoms with Crippen molar-refractivity contribution in [2.45, 2.75) is 0 Å². The van der Waals surface area contributed by atoms with E-state index < -0.39 is 5.56 Å². The number of nitrogens with zero attached hydrogens (tertiary/aromatic N) is 2. The molecule has 1 aliphatic heterocycles. The Kier molecular flexibility index (Phi) is 1.86. The quantitative estimate of drug-likeness (QED) is 0.394. The van der Waals surface area contributed by atoms with E-state index in [0.29, 0.717) is 11.5 Å². The highest BCUT2D eigenvalue weighted by Crippen LogP contribution is 2.17. The molecule has 0 atom stereocenters. The highest BCUT2D eigenvalue weighted by Gasteiger charge is 2.11. The van der Waals surface area contributed by atoms with Crippen LogP contribution in [0.1, 0.15) is 0 Å². The van der Waals surface area contributed by atoms with Crippen LogP contribution in [0.2, 0.25) is 0 Å². The summed E-state index contributed by atoms with van der Waals surface area (Å²) in [5, 5.41) is 7.86. The van der Waals surface area contributed by atoms with Crippen molar-refractivity contribution < 1.29 is 0 Å². The van der Waals surface area contributed by atoms with Crippen molar-refractivity contribution >= 4 is 17.5 Å². The zero-order valence-electron chi connectivity index (χ0n) is 6.87. The second kappa shape index (κ2) is 3.17. The molecule has 0 bridgehead atoms. The average molecular weight is 194 g/mol. The Balaban J connectivity index is 2.49. The molecule has 8 heteroatoms. The van der Waals surface area contributed by atoms with Gasteiger partial charge in [-0.1, -0.05) is 0 Å². The van der Waals surface area contributed by atoms with Crippen LogP contribution >= 0.6 is 0 Å². The maximum atomic E-state index is 11.3. The molecule has 0 unspecified atom stereocenters. The summed E-state index contributed by atoms with van der Waals surface area (Å²) in [6, 6.07) is 0. The van der Waals surface area contributed by atoms with E-state index in [4.69, 9.17) is 0 Å². The SMILES string of the molecule is O=NNc1nc2c(c(=O)[nH]1)NC=CN2. The van der Waals surface area contributed by atoms with Crippen molar-refractivity contribution in [2.75, 3.05) is 16.1 Å². The van der Waals surface area contributed by atoms with Gasteiger partial charge in [-0.25, -0.2) is 5.43 Å². The Morgan fingerprint density at radius 3 is 2.93 bits per heavy atom. The summed E-state index contributed by atoms with van der Waals surface area (Å²) in [7, 11) is 0. The zero-order valence-corrected chi connectivity index (χ0v) is 6.87. The van der Waals surface area contributed by atoms with Crippen LogP contribution in [-0.2, 0) is 0 Å². The Morgan fingerprint density at radius 2 is 2.14 bits per heavy atom. The van der Waals surface area contributed by atoms with Gasteiger partial charge in [-0.3, -0.25) is 9.78 Å². The Hall–Kier alpha value is -2.38. The van der Waals surface area contributed by atoms with Crippen LogP contribution in [0.4, 0.5) is 17.5 Å².